The number of rotatable bonds is 6. The minimum absolute atomic E-state index is 0.411. The monoisotopic (exact) mass is 339 g/mol. The molecule has 1 unspecified atom stereocenters. The normalized spacial score (nSPS) is 12.6. The molecule has 0 spiro atoms. The van der Waals surface area contributed by atoms with Gasteiger partial charge in [0.1, 0.15) is 5.82 Å². The van der Waals surface area contributed by atoms with E-state index in [-0.39, 0.29) is 0 Å². The molecule has 134 valence electrons. The van der Waals surface area contributed by atoms with Crippen LogP contribution in [-0.2, 0) is 6.54 Å². The van der Waals surface area contributed by atoms with Crippen molar-refractivity contribution in [3.05, 3.63) is 59.3 Å². The Hall–Kier alpha value is -2.56. The molecule has 5 heteroatoms. The lowest BCUT2D eigenvalue weighted by molar-refractivity contribution is 0.696. The summed E-state index contributed by atoms with van der Waals surface area (Å²) in [6, 6.07) is 14.7. The van der Waals surface area contributed by atoms with Crippen LogP contribution in [0.25, 0.3) is 0 Å². The van der Waals surface area contributed by atoms with Crippen LogP contribution in [0, 0.1) is 6.92 Å². The van der Waals surface area contributed by atoms with Crippen LogP contribution in [0.15, 0.2) is 47.5 Å². The molecule has 0 aliphatic heterocycles. The van der Waals surface area contributed by atoms with Crippen molar-refractivity contribution in [2.45, 2.75) is 26.3 Å². The average Bonchev–Trinajstić information content (AvgIpc) is 2.62. The van der Waals surface area contributed by atoms with Crippen molar-refractivity contribution in [1.82, 2.24) is 15.6 Å². The van der Waals surface area contributed by atoms with Gasteiger partial charge in [-0.15, -0.1) is 0 Å². The third kappa shape index (κ3) is 5.78. The van der Waals surface area contributed by atoms with Crippen molar-refractivity contribution in [3.8, 4) is 0 Å². The molecule has 0 saturated carbocycles. The van der Waals surface area contributed by atoms with E-state index in [2.05, 4.69) is 58.7 Å². The predicted molar refractivity (Wildman–Crippen MR) is 106 cm³/mol. The van der Waals surface area contributed by atoms with Crippen molar-refractivity contribution in [2.24, 2.45) is 4.99 Å². The number of anilines is 1. The Morgan fingerprint density at radius 2 is 1.84 bits per heavy atom. The molecule has 0 fully saturated rings. The van der Waals surface area contributed by atoms with Crippen LogP contribution in [0.5, 0.6) is 0 Å². The Balaban J connectivity index is 1.86. The number of nitrogens with zero attached hydrogens (tertiary/aromatic N) is 3. The number of hydrogen-bond donors (Lipinski definition) is 2. The van der Waals surface area contributed by atoms with Crippen molar-refractivity contribution in [3.63, 3.8) is 0 Å². The minimum Gasteiger partial charge on any atom is -0.363 e. The highest BCUT2D eigenvalue weighted by Gasteiger charge is 2.07. The topological polar surface area (TPSA) is 52.6 Å². The predicted octanol–water partition coefficient (Wildman–Crippen LogP) is 2.92. The Kier molecular flexibility index (Phi) is 6.81. The largest absolute Gasteiger partial charge is 0.363 e. The van der Waals surface area contributed by atoms with Gasteiger partial charge in [-0.05, 0) is 30.5 Å². The molecule has 5 nitrogen and oxygen atoms in total. The van der Waals surface area contributed by atoms with Gasteiger partial charge < -0.3 is 15.5 Å². The smallest absolute Gasteiger partial charge is 0.191 e. The molecule has 0 saturated heterocycles. The molecule has 0 aliphatic carbocycles. The van der Waals surface area contributed by atoms with Crippen molar-refractivity contribution in [1.29, 1.82) is 0 Å². The highest BCUT2D eigenvalue weighted by molar-refractivity contribution is 5.79. The molecule has 0 amide bonds. The van der Waals surface area contributed by atoms with Gasteiger partial charge in [0.25, 0.3) is 0 Å². The summed E-state index contributed by atoms with van der Waals surface area (Å²) in [7, 11) is 5.77. The first-order chi connectivity index (χ1) is 12.0. The number of hydrogen-bond acceptors (Lipinski definition) is 3. The number of benzene rings is 1. The van der Waals surface area contributed by atoms with Crippen LogP contribution in [0.2, 0.25) is 0 Å². The fourth-order valence-corrected chi connectivity index (χ4v) is 2.47. The fourth-order valence-electron chi connectivity index (χ4n) is 2.47. The molecule has 1 aromatic heterocycles. The van der Waals surface area contributed by atoms with Gasteiger partial charge in [-0.1, -0.05) is 42.8 Å². The summed E-state index contributed by atoms with van der Waals surface area (Å²) in [6.45, 7) is 5.79. The summed E-state index contributed by atoms with van der Waals surface area (Å²) in [6.07, 6.45) is 0. The Labute approximate surface area is 151 Å². The van der Waals surface area contributed by atoms with Crippen molar-refractivity contribution in [2.75, 3.05) is 32.6 Å². The maximum Gasteiger partial charge on any atom is 0.191 e. The maximum atomic E-state index is 4.61. The van der Waals surface area contributed by atoms with Gasteiger partial charge in [0.15, 0.2) is 5.96 Å². The third-order valence-corrected chi connectivity index (χ3v) is 4.13. The van der Waals surface area contributed by atoms with Crippen LogP contribution >= 0.6 is 0 Å². The molecule has 0 radical (unpaired) electrons. The minimum atomic E-state index is 0.411. The molecular weight excluding hydrogens is 310 g/mol. The SMILES string of the molecule is CN=C(NCc1cccc(N(C)C)n1)NCC(C)c1ccc(C)cc1. The van der Waals surface area contributed by atoms with Gasteiger partial charge in [0.05, 0.1) is 12.2 Å². The molecule has 1 aromatic carbocycles. The van der Waals surface area contributed by atoms with Crippen molar-refractivity contribution < 1.29 is 0 Å². The van der Waals surface area contributed by atoms with E-state index in [0.29, 0.717) is 12.5 Å². The van der Waals surface area contributed by atoms with Crippen molar-refractivity contribution >= 4 is 11.8 Å². The Bertz CT molecular complexity index is 691. The van der Waals surface area contributed by atoms with Crippen LogP contribution in [0.3, 0.4) is 0 Å². The third-order valence-electron chi connectivity index (χ3n) is 4.13. The molecule has 2 rings (SSSR count). The van der Waals surface area contributed by atoms with Crippen LogP contribution in [0.4, 0.5) is 5.82 Å². The lowest BCUT2D eigenvalue weighted by Crippen LogP contribution is -2.38. The van der Waals surface area contributed by atoms with Gasteiger partial charge in [-0.25, -0.2) is 4.98 Å². The number of aryl methyl sites for hydroxylation is 1. The maximum absolute atomic E-state index is 4.61. The fraction of sp³-hybridized carbons (Fsp3) is 0.400. The number of nitrogens with one attached hydrogen (secondary N) is 2. The zero-order chi connectivity index (χ0) is 18.2. The van der Waals surface area contributed by atoms with Crippen LogP contribution < -0.4 is 15.5 Å². The van der Waals surface area contributed by atoms with E-state index in [1.807, 2.05) is 37.2 Å². The first-order valence-corrected chi connectivity index (χ1v) is 8.64. The second-order valence-corrected chi connectivity index (χ2v) is 6.50. The van der Waals surface area contributed by atoms with Gasteiger partial charge in [0, 0.05) is 27.7 Å². The zero-order valence-electron chi connectivity index (χ0n) is 15.9. The second kappa shape index (κ2) is 9.06. The van der Waals surface area contributed by atoms with E-state index >= 15 is 0 Å². The molecule has 2 N–H and O–H groups in total. The lowest BCUT2D eigenvalue weighted by Gasteiger charge is -2.17. The highest BCUT2D eigenvalue weighted by atomic mass is 15.2. The summed E-state index contributed by atoms with van der Waals surface area (Å²) in [5.74, 6) is 2.15. The van der Waals surface area contributed by atoms with E-state index in [1.54, 1.807) is 7.05 Å². The number of aromatic nitrogens is 1. The Morgan fingerprint density at radius 3 is 2.48 bits per heavy atom. The first kappa shape index (κ1) is 18.8. The molecule has 0 aliphatic rings. The quantitative estimate of drug-likeness (QED) is 0.628. The summed E-state index contributed by atoms with van der Waals surface area (Å²) in [4.78, 5) is 10.9. The van der Waals surface area contributed by atoms with Gasteiger partial charge in [-0.3, -0.25) is 4.99 Å². The van der Waals surface area contributed by atoms with E-state index in [0.717, 1.165) is 24.0 Å². The molecule has 1 heterocycles. The number of guanidine groups is 1. The number of aliphatic imine (C=N–C) groups is 1. The van der Waals surface area contributed by atoms with E-state index in [1.165, 1.54) is 11.1 Å². The standard InChI is InChI=1S/C20H29N5/c1-15-9-11-17(12-10-15)16(2)13-22-20(21-3)23-14-18-7-6-8-19(24-18)25(4)5/h6-12,16H,13-14H2,1-5H3,(H2,21,22,23). The number of pyridine rings is 1. The van der Waals surface area contributed by atoms with Gasteiger partial charge in [0.2, 0.25) is 0 Å². The summed E-state index contributed by atoms with van der Waals surface area (Å²) in [5.41, 5.74) is 3.60. The van der Waals surface area contributed by atoms with E-state index < -0.39 is 0 Å². The van der Waals surface area contributed by atoms with E-state index in [9.17, 15) is 0 Å². The molecule has 0 bridgehead atoms. The molecule has 2 aromatic rings. The lowest BCUT2D eigenvalue weighted by atomic mass is 10.0. The van der Waals surface area contributed by atoms with Crippen LogP contribution in [-0.4, -0.2) is 38.6 Å². The van der Waals surface area contributed by atoms with Gasteiger partial charge >= 0.3 is 0 Å². The second-order valence-electron chi connectivity index (χ2n) is 6.50. The van der Waals surface area contributed by atoms with Gasteiger partial charge in [-0.2, -0.15) is 0 Å². The van der Waals surface area contributed by atoms with E-state index in [4.69, 9.17) is 0 Å². The van der Waals surface area contributed by atoms with Crippen LogP contribution in [0.1, 0.15) is 29.7 Å². The summed E-state index contributed by atoms with van der Waals surface area (Å²) >= 11 is 0. The summed E-state index contributed by atoms with van der Waals surface area (Å²) < 4.78 is 0. The molecular formula is C20H29N5. The molecule has 25 heavy (non-hydrogen) atoms. The average molecular weight is 339 g/mol. The Morgan fingerprint density at radius 1 is 1.12 bits per heavy atom. The molecule has 1 atom stereocenters. The first-order valence-electron chi connectivity index (χ1n) is 8.64. The highest BCUT2D eigenvalue weighted by Crippen LogP contribution is 2.14. The zero-order valence-corrected chi connectivity index (χ0v) is 15.9. The summed E-state index contributed by atoms with van der Waals surface area (Å²) in [5, 5.41) is 6.72.